The topological polar surface area (TPSA) is 40.5 Å². The first-order chi connectivity index (χ1) is 7.16. The smallest absolute Gasteiger partial charge is 0.123 e. The van der Waals surface area contributed by atoms with Gasteiger partial charge in [0.1, 0.15) is 11.5 Å². The molecule has 0 bridgehead atoms. The summed E-state index contributed by atoms with van der Waals surface area (Å²) in [5.41, 5.74) is 1.48. The first kappa shape index (κ1) is 10.1. The van der Waals surface area contributed by atoms with Gasteiger partial charge in [0.25, 0.3) is 0 Å². The highest BCUT2D eigenvalue weighted by Crippen LogP contribution is 2.33. The number of rotatable bonds is 1. The molecular weight excluding hydrogens is 256 g/mol. The Labute approximate surface area is 95.9 Å². The summed E-state index contributed by atoms with van der Waals surface area (Å²) < 4.78 is 0.778. The predicted octanol–water partition coefficient (Wildman–Crippen LogP) is 3.53. The van der Waals surface area contributed by atoms with Crippen molar-refractivity contribution in [2.24, 2.45) is 0 Å². The van der Waals surface area contributed by atoms with Crippen LogP contribution < -0.4 is 0 Å². The van der Waals surface area contributed by atoms with Crippen LogP contribution in [0.2, 0.25) is 0 Å². The van der Waals surface area contributed by atoms with E-state index in [1.54, 1.807) is 30.3 Å². The Hall–Kier alpha value is -1.48. The molecule has 0 aliphatic heterocycles. The fraction of sp³-hybridized carbons (Fsp3) is 0. The lowest BCUT2D eigenvalue weighted by atomic mass is 10.0. The lowest BCUT2D eigenvalue weighted by Gasteiger charge is -2.05. The Morgan fingerprint density at radius 2 is 1.67 bits per heavy atom. The van der Waals surface area contributed by atoms with Gasteiger partial charge in [-0.2, -0.15) is 0 Å². The second-order valence-electron chi connectivity index (χ2n) is 3.22. The van der Waals surface area contributed by atoms with Crippen molar-refractivity contribution in [2.75, 3.05) is 0 Å². The first-order valence-electron chi connectivity index (χ1n) is 4.45. The van der Waals surface area contributed by atoms with Crippen LogP contribution in [0.15, 0.2) is 46.9 Å². The summed E-state index contributed by atoms with van der Waals surface area (Å²) in [5.74, 6) is 0.373. The number of phenols is 2. The Morgan fingerprint density at radius 1 is 0.933 bits per heavy atom. The lowest BCUT2D eigenvalue weighted by molar-refractivity contribution is 0.474. The van der Waals surface area contributed by atoms with Gasteiger partial charge in [0, 0.05) is 10.0 Å². The maximum absolute atomic E-state index is 9.65. The third-order valence-corrected chi connectivity index (χ3v) is 2.56. The van der Waals surface area contributed by atoms with Gasteiger partial charge in [-0.3, -0.25) is 0 Å². The first-order valence-corrected chi connectivity index (χ1v) is 5.24. The van der Waals surface area contributed by atoms with Crippen molar-refractivity contribution in [2.45, 2.75) is 0 Å². The van der Waals surface area contributed by atoms with Crippen molar-refractivity contribution in [1.82, 2.24) is 0 Å². The van der Waals surface area contributed by atoms with Crippen molar-refractivity contribution < 1.29 is 10.2 Å². The maximum atomic E-state index is 9.65. The second-order valence-corrected chi connectivity index (χ2v) is 4.13. The van der Waals surface area contributed by atoms with Crippen molar-refractivity contribution >= 4 is 15.9 Å². The highest BCUT2D eigenvalue weighted by molar-refractivity contribution is 9.10. The normalized spacial score (nSPS) is 10.2. The summed E-state index contributed by atoms with van der Waals surface area (Å²) in [4.78, 5) is 0. The predicted molar refractivity (Wildman–Crippen MR) is 62.9 cm³/mol. The van der Waals surface area contributed by atoms with Crippen LogP contribution in [0.5, 0.6) is 11.5 Å². The van der Waals surface area contributed by atoms with Gasteiger partial charge in [0.05, 0.1) is 0 Å². The molecule has 0 saturated heterocycles. The second kappa shape index (κ2) is 3.95. The molecule has 15 heavy (non-hydrogen) atoms. The van der Waals surface area contributed by atoms with Crippen LogP contribution in [0.4, 0.5) is 0 Å². The summed E-state index contributed by atoms with van der Waals surface area (Å²) in [6, 6.07) is 12.1. The SMILES string of the molecule is Oc1cc(Br)cc(-c2ccccc2O)c1. The number of phenolic OH excluding ortho intramolecular Hbond substituents is 2. The van der Waals surface area contributed by atoms with Crippen molar-refractivity contribution in [1.29, 1.82) is 0 Å². The molecule has 2 nitrogen and oxygen atoms in total. The molecule has 76 valence electrons. The van der Waals surface area contributed by atoms with Crippen LogP contribution >= 0.6 is 15.9 Å². The van der Waals surface area contributed by atoms with E-state index in [0.717, 1.165) is 10.0 Å². The summed E-state index contributed by atoms with van der Waals surface area (Å²) in [6.07, 6.45) is 0. The third-order valence-electron chi connectivity index (χ3n) is 2.10. The number of benzene rings is 2. The molecule has 0 atom stereocenters. The van der Waals surface area contributed by atoms with Gasteiger partial charge in [-0.05, 0) is 29.8 Å². The molecule has 0 heterocycles. The number of hydrogen-bond donors (Lipinski definition) is 2. The molecule has 0 aliphatic carbocycles. The minimum Gasteiger partial charge on any atom is -0.508 e. The van der Waals surface area contributed by atoms with Crippen LogP contribution in [-0.2, 0) is 0 Å². The van der Waals surface area contributed by atoms with Crippen LogP contribution in [0.3, 0.4) is 0 Å². The third kappa shape index (κ3) is 2.13. The zero-order valence-electron chi connectivity index (χ0n) is 7.81. The monoisotopic (exact) mass is 264 g/mol. The number of hydrogen-bond acceptors (Lipinski definition) is 2. The van der Waals surface area contributed by atoms with Crippen LogP contribution in [-0.4, -0.2) is 10.2 Å². The van der Waals surface area contributed by atoms with Gasteiger partial charge in [0.2, 0.25) is 0 Å². The lowest BCUT2D eigenvalue weighted by Crippen LogP contribution is -1.79. The molecule has 0 aliphatic rings. The van der Waals surface area contributed by atoms with Crippen LogP contribution in [0, 0.1) is 0 Å². The van der Waals surface area contributed by atoms with Gasteiger partial charge in [-0.1, -0.05) is 34.1 Å². The number of aromatic hydroxyl groups is 2. The largest absolute Gasteiger partial charge is 0.508 e. The van der Waals surface area contributed by atoms with Gasteiger partial charge in [-0.25, -0.2) is 0 Å². The standard InChI is InChI=1S/C12H9BrO2/c13-9-5-8(6-10(14)7-9)11-3-1-2-4-12(11)15/h1-7,14-15H. The zero-order chi connectivity index (χ0) is 10.8. The molecule has 0 unspecified atom stereocenters. The highest BCUT2D eigenvalue weighted by Gasteiger charge is 2.05. The molecule has 0 aromatic heterocycles. The van der Waals surface area contributed by atoms with Gasteiger partial charge in [-0.15, -0.1) is 0 Å². The van der Waals surface area contributed by atoms with E-state index in [0.29, 0.717) is 5.56 Å². The van der Waals surface area contributed by atoms with E-state index in [9.17, 15) is 10.2 Å². The quantitative estimate of drug-likeness (QED) is 0.828. The van der Waals surface area contributed by atoms with Crippen LogP contribution in [0.25, 0.3) is 11.1 Å². The van der Waals surface area contributed by atoms with Crippen molar-refractivity contribution in [3.63, 3.8) is 0 Å². The molecule has 0 amide bonds. The molecule has 0 spiro atoms. The summed E-state index contributed by atoms with van der Waals surface area (Å²) in [6.45, 7) is 0. The number of halogens is 1. The Bertz CT molecular complexity index is 474. The minimum atomic E-state index is 0.169. The van der Waals surface area contributed by atoms with Gasteiger partial charge in [0.15, 0.2) is 0 Å². The fourth-order valence-corrected chi connectivity index (χ4v) is 1.93. The summed E-state index contributed by atoms with van der Waals surface area (Å²) >= 11 is 3.29. The summed E-state index contributed by atoms with van der Waals surface area (Å²) in [7, 11) is 0. The average molecular weight is 265 g/mol. The average Bonchev–Trinajstić information content (AvgIpc) is 2.16. The molecule has 0 fully saturated rings. The Balaban J connectivity index is 2.59. The maximum Gasteiger partial charge on any atom is 0.123 e. The van der Waals surface area contributed by atoms with Crippen LogP contribution in [0.1, 0.15) is 0 Å². The van der Waals surface area contributed by atoms with Gasteiger partial charge >= 0.3 is 0 Å². The van der Waals surface area contributed by atoms with E-state index in [1.165, 1.54) is 0 Å². The van der Waals surface area contributed by atoms with E-state index in [-0.39, 0.29) is 11.5 Å². The van der Waals surface area contributed by atoms with E-state index >= 15 is 0 Å². The minimum absolute atomic E-state index is 0.169. The van der Waals surface area contributed by atoms with Crippen molar-refractivity contribution in [3.8, 4) is 22.6 Å². The highest BCUT2D eigenvalue weighted by atomic mass is 79.9. The number of para-hydroxylation sites is 1. The molecule has 3 heteroatoms. The summed E-state index contributed by atoms with van der Waals surface area (Å²) in [5, 5.41) is 19.1. The molecule has 0 saturated carbocycles. The van der Waals surface area contributed by atoms with E-state index < -0.39 is 0 Å². The van der Waals surface area contributed by atoms with E-state index in [4.69, 9.17) is 0 Å². The molecule has 2 aromatic rings. The fourth-order valence-electron chi connectivity index (χ4n) is 1.45. The Morgan fingerprint density at radius 3 is 2.33 bits per heavy atom. The molecule has 2 N–H and O–H groups in total. The van der Waals surface area contributed by atoms with E-state index in [1.807, 2.05) is 12.1 Å². The van der Waals surface area contributed by atoms with E-state index in [2.05, 4.69) is 15.9 Å². The Kier molecular flexibility index (Phi) is 2.64. The molecule has 0 radical (unpaired) electrons. The van der Waals surface area contributed by atoms with Gasteiger partial charge < -0.3 is 10.2 Å². The zero-order valence-corrected chi connectivity index (χ0v) is 9.40. The molecule has 2 aromatic carbocycles. The molecule has 2 rings (SSSR count). The molecular formula is C12H9BrO2. The van der Waals surface area contributed by atoms with Crippen molar-refractivity contribution in [3.05, 3.63) is 46.9 Å².